The van der Waals surface area contributed by atoms with E-state index in [0.29, 0.717) is 22.4 Å². The summed E-state index contributed by atoms with van der Waals surface area (Å²) in [6.45, 7) is 2.41. The van der Waals surface area contributed by atoms with Crippen LogP contribution in [0.2, 0.25) is 0 Å². The average molecular weight is 370 g/mol. The van der Waals surface area contributed by atoms with Gasteiger partial charge < -0.3 is 15.4 Å². The molecule has 6 heteroatoms. The van der Waals surface area contributed by atoms with E-state index in [-0.39, 0.29) is 18.3 Å². The first-order valence-electron chi connectivity index (χ1n) is 8.46. The number of carbonyl (C=O) groups excluding carboxylic acids is 1. The highest BCUT2D eigenvalue weighted by atomic mass is 32.1. The predicted octanol–water partition coefficient (Wildman–Crippen LogP) is 3.72. The monoisotopic (exact) mass is 370 g/mol. The topological polar surface area (TPSA) is 50.4 Å². The molecule has 1 aromatic heterocycles. The average Bonchev–Trinajstić information content (AvgIpc) is 3.25. The van der Waals surface area contributed by atoms with E-state index in [4.69, 9.17) is 4.74 Å². The molecular weight excluding hydrogens is 351 g/mol. The fourth-order valence-electron chi connectivity index (χ4n) is 3.35. The van der Waals surface area contributed by atoms with Crippen LogP contribution in [0.15, 0.2) is 36.4 Å². The first-order chi connectivity index (χ1) is 12.7. The van der Waals surface area contributed by atoms with Crippen LogP contribution in [0, 0.1) is 5.82 Å². The largest absolute Gasteiger partial charge is 0.380 e. The van der Waals surface area contributed by atoms with Crippen molar-refractivity contribution in [2.45, 2.75) is 26.2 Å². The Labute approximate surface area is 155 Å². The predicted molar refractivity (Wildman–Crippen MR) is 101 cm³/mol. The van der Waals surface area contributed by atoms with Gasteiger partial charge in [0.2, 0.25) is 0 Å². The van der Waals surface area contributed by atoms with Crippen LogP contribution in [-0.4, -0.2) is 13.0 Å². The van der Waals surface area contributed by atoms with Gasteiger partial charge in [0.05, 0.1) is 11.5 Å². The van der Waals surface area contributed by atoms with E-state index in [9.17, 15) is 9.18 Å². The fourth-order valence-corrected chi connectivity index (χ4v) is 4.49. The molecule has 0 spiro atoms. The van der Waals surface area contributed by atoms with Gasteiger partial charge in [0.15, 0.2) is 0 Å². The van der Waals surface area contributed by atoms with Gasteiger partial charge in [-0.15, -0.1) is 11.3 Å². The van der Waals surface area contributed by atoms with Gasteiger partial charge in [0, 0.05) is 42.4 Å². The summed E-state index contributed by atoms with van der Waals surface area (Å²) in [5.74, 6) is -0.521. The van der Waals surface area contributed by atoms with Crippen molar-refractivity contribution in [3.05, 3.63) is 69.3 Å². The van der Waals surface area contributed by atoms with E-state index in [1.807, 2.05) is 12.1 Å². The number of hydrogen-bond donors (Lipinski definition) is 2. The van der Waals surface area contributed by atoms with Crippen molar-refractivity contribution in [2.75, 3.05) is 7.11 Å². The van der Waals surface area contributed by atoms with E-state index in [2.05, 4.69) is 22.8 Å². The number of ether oxygens (including phenoxy) is 1. The first-order valence-corrected chi connectivity index (χ1v) is 9.27. The molecule has 2 aromatic carbocycles. The Morgan fingerprint density at radius 2 is 2.12 bits per heavy atom. The number of halogens is 1. The van der Waals surface area contributed by atoms with Crippen LogP contribution in [0.3, 0.4) is 0 Å². The Kier molecular flexibility index (Phi) is 4.72. The molecule has 0 unspecified atom stereocenters. The smallest absolute Gasteiger partial charge is 0.262 e. The third kappa shape index (κ3) is 3.11. The number of methoxy groups -OCH3 is 1. The van der Waals surface area contributed by atoms with Crippen LogP contribution in [0.1, 0.15) is 31.9 Å². The van der Waals surface area contributed by atoms with Crippen LogP contribution in [0.5, 0.6) is 0 Å². The van der Waals surface area contributed by atoms with Gasteiger partial charge in [-0.3, -0.25) is 4.79 Å². The van der Waals surface area contributed by atoms with Crippen LogP contribution in [0.25, 0.3) is 10.1 Å². The number of hydrogen-bond acceptors (Lipinski definition) is 4. The summed E-state index contributed by atoms with van der Waals surface area (Å²) in [7, 11) is 1.55. The molecule has 0 aliphatic carbocycles. The second-order valence-electron chi connectivity index (χ2n) is 6.35. The zero-order valence-corrected chi connectivity index (χ0v) is 15.2. The molecule has 3 aromatic rings. The van der Waals surface area contributed by atoms with E-state index in [1.54, 1.807) is 13.2 Å². The van der Waals surface area contributed by atoms with Crippen molar-refractivity contribution in [3.63, 3.8) is 0 Å². The summed E-state index contributed by atoms with van der Waals surface area (Å²) in [5, 5.41) is 6.75. The van der Waals surface area contributed by atoms with E-state index in [1.165, 1.54) is 28.5 Å². The van der Waals surface area contributed by atoms with Gasteiger partial charge >= 0.3 is 0 Å². The molecule has 0 bridgehead atoms. The SMILES string of the molecule is COCc1c(C(=O)NCc2ccc3c(c2)CNC3)sc2cccc(F)c12. The van der Waals surface area contributed by atoms with Crippen molar-refractivity contribution in [3.8, 4) is 0 Å². The van der Waals surface area contributed by atoms with Gasteiger partial charge in [-0.1, -0.05) is 24.3 Å². The van der Waals surface area contributed by atoms with Gasteiger partial charge in [-0.2, -0.15) is 0 Å². The number of rotatable bonds is 5. The number of fused-ring (bicyclic) bond motifs is 2. The summed E-state index contributed by atoms with van der Waals surface area (Å²) in [6.07, 6.45) is 0. The number of benzene rings is 2. The maximum atomic E-state index is 14.2. The number of carbonyl (C=O) groups is 1. The van der Waals surface area contributed by atoms with E-state index in [0.717, 1.165) is 23.4 Å². The molecule has 1 amide bonds. The Bertz CT molecular complexity index is 983. The summed E-state index contributed by atoms with van der Waals surface area (Å²) in [4.78, 5) is 13.2. The minimum atomic E-state index is -0.323. The Morgan fingerprint density at radius 3 is 2.96 bits per heavy atom. The highest BCUT2D eigenvalue weighted by molar-refractivity contribution is 7.21. The van der Waals surface area contributed by atoms with Crippen molar-refractivity contribution in [2.24, 2.45) is 0 Å². The van der Waals surface area contributed by atoms with Crippen LogP contribution >= 0.6 is 11.3 Å². The van der Waals surface area contributed by atoms with Gasteiger partial charge in [-0.05, 0) is 28.8 Å². The Balaban J connectivity index is 1.58. The molecule has 4 rings (SSSR count). The summed E-state index contributed by atoms with van der Waals surface area (Å²) >= 11 is 1.30. The number of nitrogens with one attached hydrogen (secondary N) is 2. The Morgan fingerprint density at radius 1 is 1.27 bits per heavy atom. The lowest BCUT2D eigenvalue weighted by Gasteiger charge is -2.08. The van der Waals surface area contributed by atoms with Gasteiger partial charge in [0.1, 0.15) is 5.82 Å². The third-order valence-corrected chi connectivity index (χ3v) is 5.81. The molecule has 26 heavy (non-hydrogen) atoms. The molecule has 2 heterocycles. The molecule has 0 radical (unpaired) electrons. The number of thiophene rings is 1. The van der Waals surface area contributed by atoms with E-state index < -0.39 is 0 Å². The Hall–Kier alpha value is -2.28. The molecule has 134 valence electrons. The van der Waals surface area contributed by atoms with Crippen molar-refractivity contribution in [1.82, 2.24) is 10.6 Å². The highest BCUT2D eigenvalue weighted by Gasteiger charge is 2.20. The standard InChI is InChI=1S/C20H19FN2O2S/c1-25-11-15-18-16(21)3-2-4-17(18)26-19(15)20(24)23-8-12-5-6-13-9-22-10-14(13)7-12/h2-7,22H,8-11H2,1H3,(H,23,24). The van der Waals surface area contributed by atoms with Crippen molar-refractivity contribution >= 4 is 27.3 Å². The van der Waals surface area contributed by atoms with Crippen molar-refractivity contribution < 1.29 is 13.9 Å². The summed E-state index contributed by atoms with van der Waals surface area (Å²) in [5.41, 5.74) is 4.26. The van der Waals surface area contributed by atoms with Crippen LogP contribution in [0.4, 0.5) is 4.39 Å². The fraction of sp³-hybridized carbons (Fsp3) is 0.250. The molecule has 0 fully saturated rings. The quantitative estimate of drug-likeness (QED) is 0.720. The maximum absolute atomic E-state index is 14.2. The minimum Gasteiger partial charge on any atom is -0.380 e. The van der Waals surface area contributed by atoms with Gasteiger partial charge in [-0.25, -0.2) is 4.39 Å². The molecule has 2 N–H and O–H groups in total. The van der Waals surface area contributed by atoms with Crippen LogP contribution < -0.4 is 10.6 Å². The number of amides is 1. The first kappa shape index (κ1) is 17.1. The highest BCUT2D eigenvalue weighted by Crippen LogP contribution is 2.33. The van der Waals surface area contributed by atoms with Crippen molar-refractivity contribution in [1.29, 1.82) is 0 Å². The lowest BCUT2D eigenvalue weighted by atomic mass is 10.1. The molecule has 4 nitrogen and oxygen atoms in total. The van der Waals surface area contributed by atoms with E-state index >= 15 is 0 Å². The van der Waals surface area contributed by atoms with Gasteiger partial charge in [0.25, 0.3) is 5.91 Å². The summed E-state index contributed by atoms with van der Waals surface area (Å²) < 4.78 is 20.2. The molecular formula is C20H19FN2O2S. The maximum Gasteiger partial charge on any atom is 0.262 e. The molecule has 1 aliphatic heterocycles. The molecule has 0 saturated heterocycles. The third-order valence-electron chi connectivity index (χ3n) is 4.61. The summed E-state index contributed by atoms with van der Waals surface area (Å²) in [6, 6.07) is 11.1. The molecule has 0 saturated carbocycles. The van der Waals surface area contributed by atoms with Crippen LogP contribution in [-0.2, 0) is 31.0 Å². The zero-order valence-electron chi connectivity index (χ0n) is 14.4. The normalized spacial score (nSPS) is 13.2. The second-order valence-corrected chi connectivity index (χ2v) is 7.40. The zero-order chi connectivity index (χ0) is 18.1. The second kappa shape index (κ2) is 7.15. The molecule has 0 atom stereocenters. The molecule has 1 aliphatic rings. The lowest BCUT2D eigenvalue weighted by molar-refractivity contribution is 0.0950. The minimum absolute atomic E-state index is 0.198. The lowest BCUT2D eigenvalue weighted by Crippen LogP contribution is -2.23.